The van der Waals surface area contributed by atoms with E-state index in [0.717, 1.165) is 24.3 Å². The maximum Gasteiger partial charge on any atom is 0.333 e. The van der Waals surface area contributed by atoms with E-state index in [-0.39, 0.29) is 0 Å². The molecule has 0 rings (SSSR count). The van der Waals surface area contributed by atoms with Crippen molar-refractivity contribution in [3.63, 3.8) is 0 Å². The second-order valence-electron chi connectivity index (χ2n) is 3.78. The molecule has 0 heterocycles. The van der Waals surface area contributed by atoms with E-state index < -0.39 is 42.9 Å². The van der Waals surface area contributed by atoms with E-state index in [1.807, 2.05) is 0 Å². The molecule has 0 radical (unpaired) electrons. The molecule has 0 aromatic carbocycles. The molecule has 0 saturated carbocycles. The molecule has 8 heteroatoms. The van der Waals surface area contributed by atoms with Crippen LogP contribution in [-0.4, -0.2) is 42.9 Å². The SMILES string of the molecule is C=CC(=O)OCC(COC(=O)C=C)(OC(=O)C=C)OC(=O)C=C. The molecule has 0 aromatic heterocycles. The first-order valence-electron chi connectivity index (χ1n) is 6.11. The van der Waals surface area contributed by atoms with Crippen molar-refractivity contribution in [3.05, 3.63) is 50.6 Å². The zero-order chi connectivity index (χ0) is 17.9. The molecule has 0 amide bonds. The first-order chi connectivity index (χ1) is 10.8. The minimum absolute atomic E-state index is 0.749. The van der Waals surface area contributed by atoms with Crippen LogP contribution >= 0.6 is 0 Å². The van der Waals surface area contributed by atoms with Gasteiger partial charge in [0.25, 0.3) is 0 Å². The van der Waals surface area contributed by atoms with Gasteiger partial charge in [0, 0.05) is 24.3 Å². The number of carbonyl (C=O) groups excluding carboxylic acids is 4. The van der Waals surface area contributed by atoms with Crippen molar-refractivity contribution in [1.29, 1.82) is 0 Å². The van der Waals surface area contributed by atoms with Crippen molar-refractivity contribution in [2.45, 2.75) is 5.79 Å². The van der Waals surface area contributed by atoms with Gasteiger partial charge in [0.05, 0.1) is 0 Å². The summed E-state index contributed by atoms with van der Waals surface area (Å²) >= 11 is 0. The van der Waals surface area contributed by atoms with Crippen LogP contribution in [0.5, 0.6) is 0 Å². The van der Waals surface area contributed by atoms with Gasteiger partial charge in [-0.2, -0.15) is 0 Å². The fourth-order valence-electron chi connectivity index (χ4n) is 1.11. The lowest BCUT2D eigenvalue weighted by Gasteiger charge is -2.30. The number of ether oxygens (including phenoxy) is 4. The zero-order valence-electron chi connectivity index (χ0n) is 12.3. The first kappa shape index (κ1) is 19.8. The second-order valence-corrected chi connectivity index (χ2v) is 3.78. The topological polar surface area (TPSA) is 105 Å². The summed E-state index contributed by atoms with van der Waals surface area (Å²) in [5.41, 5.74) is 0. The molecule has 0 aliphatic carbocycles. The van der Waals surface area contributed by atoms with Crippen LogP contribution < -0.4 is 0 Å². The van der Waals surface area contributed by atoms with Gasteiger partial charge in [0.15, 0.2) is 13.2 Å². The van der Waals surface area contributed by atoms with Gasteiger partial charge in [0.2, 0.25) is 0 Å². The first-order valence-corrected chi connectivity index (χ1v) is 6.11. The van der Waals surface area contributed by atoms with Crippen molar-refractivity contribution >= 4 is 23.9 Å². The Kier molecular flexibility index (Phi) is 8.38. The number of carbonyl (C=O) groups is 4. The number of esters is 4. The fourth-order valence-corrected chi connectivity index (χ4v) is 1.11. The molecule has 23 heavy (non-hydrogen) atoms. The summed E-state index contributed by atoms with van der Waals surface area (Å²) in [6.07, 6.45) is 3.23. The van der Waals surface area contributed by atoms with Crippen LogP contribution in [0, 0.1) is 0 Å². The van der Waals surface area contributed by atoms with E-state index in [9.17, 15) is 19.2 Å². The molecule has 0 N–H and O–H groups in total. The van der Waals surface area contributed by atoms with Gasteiger partial charge in [-0.1, -0.05) is 26.3 Å². The van der Waals surface area contributed by atoms with Crippen LogP contribution in [0.1, 0.15) is 0 Å². The van der Waals surface area contributed by atoms with Gasteiger partial charge < -0.3 is 18.9 Å². The molecule has 0 spiro atoms. The van der Waals surface area contributed by atoms with Crippen molar-refractivity contribution in [3.8, 4) is 0 Å². The quantitative estimate of drug-likeness (QED) is 0.249. The van der Waals surface area contributed by atoms with Crippen LogP contribution in [0.25, 0.3) is 0 Å². The van der Waals surface area contributed by atoms with Crippen LogP contribution in [-0.2, 0) is 38.1 Å². The molecule has 0 aliphatic rings. The average molecular weight is 324 g/mol. The lowest BCUT2D eigenvalue weighted by atomic mass is 10.3. The Labute approximate surface area is 132 Å². The molecule has 0 fully saturated rings. The average Bonchev–Trinajstić information content (AvgIpc) is 2.56. The molecule has 0 unspecified atom stereocenters. The Balaban J connectivity index is 5.45. The highest BCUT2D eigenvalue weighted by atomic mass is 16.8. The van der Waals surface area contributed by atoms with Gasteiger partial charge >= 0.3 is 29.7 Å². The summed E-state index contributed by atoms with van der Waals surface area (Å²) < 4.78 is 19.2. The normalized spacial score (nSPS) is 9.74. The summed E-state index contributed by atoms with van der Waals surface area (Å²) in [5.74, 6) is -5.99. The molecule has 0 bridgehead atoms. The van der Waals surface area contributed by atoms with Crippen molar-refractivity contribution in [1.82, 2.24) is 0 Å². The molecular formula is C15H16O8. The van der Waals surface area contributed by atoms with Crippen molar-refractivity contribution in [2.75, 3.05) is 13.2 Å². The molecule has 0 aliphatic heterocycles. The van der Waals surface area contributed by atoms with Crippen LogP contribution in [0.3, 0.4) is 0 Å². The van der Waals surface area contributed by atoms with Gasteiger partial charge in [-0.3, -0.25) is 0 Å². The third kappa shape index (κ3) is 7.42. The van der Waals surface area contributed by atoms with E-state index in [4.69, 9.17) is 18.9 Å². The Hall–Kier alpha value is -3.16. The minimum atomic E-state index is -2.21. The molecule has 0 aromatic rings. The van der Waals surface area contributed by atoms with Crippen molar-refractivity contribution in [2.24, 2.45) is 0 Å². The fraction of sp³-hybridized carbons (Fsp3) is 0.200. The Morgan fingerprint density at radius 1 is 0.652 bits per heavy atom. The summed E-state index contributed by atoms with van der Waals surface area (Å²) in [4.78, 5) is 45.2. The summed E-state index contributed by atoms with van der Waals surface area (Å²) in [6.45, 7) is 11.2. The predicted octanol–water partition coefficient (Wildman–Crippen LogP) is 0.599. The third-order valence-corrected chi connectivity index (χ3v) is 2.11. The maximum atomic E-state index is 11.4. The van der Waals surface area contributed by atoms with E-state index >= 15 is 0 Å². The lowest BCUT2D eigenvalue weighted by Crippen LogP contribution is -2.48. The monoisotopic (exact) mass is 324 g/mol. The number of hydrogen-bond donors (Lipinski definition) is 0. The van der Waals surface area contributed by atoms with Crippen LogP contribution in [0.4, 0.5) is 0 Å². The van der Waals surface area contributed by atoms with E-state index in [1.165, 1.54) is 0 Å². The minimum Gasteiger partial charge on any atom is -0.454 e. The van der Waals surface area contributed by atoms with Gasteiger partial charge in [0.1, 0.15) is 0 Å². The predicted molar refractivity (Wildman–Crippen MR) is 77.6 cm³/mol. The lowest BCUT2D eigenvalue weighted by molar-refractivity contribution is -0.252. The molecule has 0 saturated heterocycles. The van der Waals surface area contributed by atoms with Gasteiger partial charge in [-0.15, -0.1) is 0 Å². The Bertz CT molecular complexity index is 484. The van der Waals surface area contributed by atoms with E-state index in [2.05, 4.69) is 26.3 Å². The molecule has 124 valence electrons. The summed E-state index contributed by atoms with van der Waals surface area (Å²) in [5, 5.41) is 0. The van der Waals surface area contributed by atoms with Crippen molar-refractivity contribution < 1.29 is 38.1 Å². The standard InChI is InChI=1S/C15H16O8/c1-5-11(16)20-9-15(22-13(18)7-3,23-14(19)8-4)10-21-12(17)6-2/h5-8H,1-4,9-10H2. The number of rotatable bonds is 10. The highest BCUT2D eigenvalue weighted by molar-refractivity contribution is 5.84. The zero-order valence-corrected chi connectivity index (χ0v) is 12.3. The van der Waals surface area contributed by atoms with E-state index in [0.29, 0.717) is 0 Å². The number of hydrogen-bond acceptors (Lipinski definition) is 8. The van der Waals surface area contributed by atoms with Crippen LogP contribution in [0.15, 0.2) is 50.6 Å². The molecule has 8 nitrogen and oxygen atoms in total. The Morgan fingerprint density at radius 3 is 1.22 bits per heavy atom. The highest BCUT2D eigenvalue weighted by Crippen LogP contribution is 2.17. The summed E-state index contributed by atoms with van der Waals surface area (Å²) in [7, 11) is 0. The van der Waals surface area contributed by atoms with Gasteiger partial charge in [-0.25, -0.2) is 19.2 Å². The highest BCUT2D eigenvalue weighted by Gasteiger charge is 2.41. The largest absolute Gasteiger partial charge is 0.454 e. The van der Waals surface area contributed by atoms with E-state index in [1.54, 1.807) is 0 Å². The Morgan fingerprint density at radius 2 is 0.957 bits per heavy atom. The molecular weight excluding hydrogens is 308 g/mol. The molecule has 0 atom stereocenters. The summed E-state index contributed by atoms with van der Waals surface area (Å²) in [6, 6.07) is 0. The van der Waals surface area contributed by atoms with Gasteiger partial charge in [-0.05, 0) is 0 Å². The van der Waals surface area contributed by atoms with Crippen LogP contribution in [0.2, 0.25) is 0 Å². The maximum absolute atomic E-state index is 11.4. The smallest absolute Gasteiger partial charge is 0.333 e. The second kappa shape index (κ2) is 9.72. The third-order valence-electron chi connectivity index (χ3n) is 2.11.